The van der Waals surface area contributed by atoms with Crippen molar-refractivity contribution in [2.45, 2.75) is 0 Å². The highest BCUT2D eigenvalue weighted by Crippen LogP contribution is 2.24. The lowest BCUT2D eigenvalue weighted by atomic mass is 10.0. The van der Waals surface area contributed by atoms with Crippen LogP contribution in [0.4, 0.5) is 0 Å². The monoisotopic (exact) mass is 408 g/mol. The van der Waals surface area contributed by atoms with Gasteiger partial charge in [0.05, 0.1) is 0 Å². The number of aromatic nitrogens is 1. The topological polar surface area (TPSA) is 22.6 Å². The Morgan fingerprint density at radius 3 is 0.967 bits per heavy atom. The molecule has 0 unspecified atom stereocenters. The highest BCUT2D eigenvalue weighted by atomic mass is 15.0. The summed E-state index contributed by atoms with van der Waals surface area (Å²) >= 11 is 0. The maximum atomic E-state index is 4.34. The Morgan fingerprint density at radius 1 is 0.433 bits per heavy atom. The summed E-state index contributed by atoms with van der Waals surface area (Å²) in [6, 6.07) is 22.8. The molecule has 0 aliphatic carbocycles. The third-order valence-electron chi connectivity index (χ3n) is 2.95. The van der Waals surface area contributed by atoms with Crippen LogP contribution in [-0.4, -0.2) is 83.1 Å². The molecule has 4 heteroatoms. The minimum Gasteiger partial charge on any atom is -0.312 e. The fourth-order valence-electron chi connectivity index (χ4n) is 2.02. The Bertz CT molecular complexity index is 692. The third kappa shape index (κ3) is 15.4. The van der Waals surface area contributed by atoms with Crippen LogP contribution in [-0.2, 0) is 0 Å². The summed E-state index contributed by atoms with van der Waals surface area (Å²) < 4.78 is 0. The third-order valence-corrected chi connectivity index (χ3v) is 2.95. The van der Waals surface area contributed by atoms with Crippen LogP contribution in [0.1, 0.15) is 0 Å². The second kappa shape index (κ2) is 16.3. The molecule has 0 bridgehead atoms. The number of pyridine rings is 1. The summed E-state index contributed by atoms with van der Waals surface area (Å²) in [4.78, 5) is 10.3. The quantitative estimate of drug-likeness (QED) is 0.598. The Hall–Kier alpha value is -2.53. The van der Waals surface area contributed by atoms with Crippen molar-refractivity contribution in [1.29, 1.82) is 0 Å². The van der Waals surface area contributed by atoms with Crippen molar-refractivity contribution in [2.75, 3.05) is 63.4 Å². The SMILES string of the molecule is CN(C)C.CN(C)C.CN(C)C.c1ccc(-c2cncc(-c3ccccc3)c2)cc1. The van der Waals surface area contributed by atoms with Crippen molar-refractivity contribution >= 4 is 0 Å². The van der Waals surface area contributed by atoms with Crippen molar-refractivity contribution < 1.29 is 0 Å². The van der Waals surface area contributed by atoms with E-state index in [4.69, 9.17) is 0 Å². The summed E-state index contributed by atoms with van der Waals surface area (Å²) in [6.45, 7) is 0. The van der Waals surface area contributed by atoms with Crippen LogP contribution in [0.15, 0.2) is 79.1 Å². The van der Waals surface area contributed by atoms with Crippen molar-refractivity contribution in [3.05, 3.63) is 79.1 Å². The molecule has 0 atom stereocenters. The van der Waals surface area contributed by atoms with Gasteiger partial charge in [0.1, 0.15) is 0 Å². The molecule has 0 fully saturated rings. The first kappa shape index (κ1) is 27.5. The number of nitrogens with zero attached hydrogens (tertiary/aromatic N) is 4. The molecule has 0 aliphatic rings. The second-order valence-corrected chi connectivity index (χ2v) is 8.22. The van der Waals surface area contributed by atoms with Gasteiger partial charge >= 0.3 is 0 Å². The van der Waals surface area contributed by atoms with Gasteiger partial charge in [-0.2, -0.15) is 0 Å². The predicted molar refractivity (Wildman–Crippen MR) is 134 cm³/mol. The molecule has 0 saturated heterocycles. The van der Waals surface area contributed by atoms with Gasteiger partial charge in [0, 0.05) is 23.5 Å². The minimum absolute atomic E-state index is 1.15. The molecule has 3 rings (SSSR count). The molecule has 2 aromatic carbocycles. The zero-order valence-electron chi connectivity index (χ0n) is 20.3. The van der Waals surface area contributed by atoms with Crippen LogP contribution in [0.5, 0.6) is 0 Å². The summed E-state index contributed by atoms with van der Waals surface area (Å²) in [7, 11) is 18.0. The van der Waals surface area contributed by atoms with Gasteiger partial charge in [-0.15, -0.1) is 0 Å². The van der Waals surface area contributed by atoms with Gasteiger partial charge in [-0.1, -0.05) is 60.7 Å². The van der Waals surface area contributed by atoms with E-state index in [-0.39, 0.29) is 0 Å². The maximum Gasteiger partial charge on any atom is 0.0346 e. The van der Waals surface area contributed by atoms with Gasteiger partial charge in [-0.25, -0.2) is 0 Å². The molecule has 0 radical (unpaired) electrons. The molecular formula is C26H40N4. The molecular weight excluding hydrogens is 368 g/mol. The normalized spacial score (nSPS) is 9.73. The smallest absolute Gasteiger partial charge is 0.0346 e. The first-order valence-corrected chi connectivity index (χ1v) is 10.0. The van der Waals surface area contributed by atoms with Gasteiger partial charge in [-0.3, -0.25) is 4.98 Å². The fraction of sp³-hybridized carbons (Fsp3) is 0.346. The van der Waals surface area contributed by atoms with E-state index in [0.29, 0.717) is 0 Å². The molecule has 0 aliphatic heterocycles. The highest BCUT2D eigenvalue weighted by Gasteiger charge is 2.01. The summed E-state index contributed by atoms with van der Waals surface area (Å²) in [6.07, 6.45) is 3.81. The average Bonchev–Trinajstić information content (AvgIpc) is 2.68. The molecule has 0 N–H and O–H groups in total. The summed E-state index contributed by atoms with van der Waals surface area (Å²) in [5.41, 5.74) is 4.69. The zero-order chi connectivity index (χ0) is 22.9. The van der Waals surface area contributed by atoms with Crippen molar-refractivity contribution in [3.8, 4) is 22.3 Å². The maximum absolute atomic E-state index is 4.34. The van der Waals surface area contributed by atoms with Crippen molar-refractivity contribution in [3.63, 3.8) is 0 Å². The molecule has 1 aromatic heterocycles. The first-order chi connectivity index (χ1) is 14.1. The van der Waals surface area contributed by atoms with Gasteiger partial charge in [0.15, 0.2) is 0 Å². The molecule has 4 nitrogen and oxygen atoms in total. The van der Waals surface area contributed by atoms with Crippen molar-refractivity contribution in [2.24, 2.45) is 0 Å². The van der Waals surface area contributed by atoms with E-state index < -0.39 is 0 Å². The Balaban J connectivity index is 0.000000584. The zero-order valence-corrected chi connectivity index (χ0v) is 20.3. The average molecular weight is 409 g/mol. The van der Waals surface area contributed by atoms with Gasteiger partial charge in [0.25, 0.3) is 0 Å². The van der Waals surface area contributed by atoms with E-state index in [0.717, 1.165) is 11.1 Å². The summed E-state index contributed by atoms with van der Waals surface area (Å²) in [5, 5.41) is 0. The summed E-state index contributed by atoms with van der Waals surface area (Å²) in [5.74, 6) is 0. The van der Waals surface area contributed by atoms with E-state index in [1.54, 1.807) is 0 Å². The van der Waals surface area contributed by atoms with Crippen LogP contribution in [0.25, 0.3) is 22.3 Å². The number of hydrogen-bond acceptors (Lipinski definition) is 4. The van der Waals surface area contributed by atoms with Crippen LogP contribution in [0, 0.1) is 0 Å². The Morgan fingerprint density at radius 2 is 0.700 bits per heavy atom. The predicted octanol–water partition coefficient (Wildman–Crippen LogP) is 4.95. The largest absolute Gasteiger partial charge is 0.312 e. The van der Waals surface area contributed by atoms with Gasteiger partial charge < -0.3 is 14.7 Å². The number of rotatable bonds is 2. The Labute approximate surface area is 184 Å². The molecule has 164 valence electrons. The molecule has 0 amide bonds. The van der Waals surface area contributed by atoms with Crippen LogP contribution in [0.3, 0.4) is 0 Å². The number of hydrogen-bond donors (Lipinski definition) is 0. The lowest BCUT2D eigenvalue weighted by molar-refractivity contribution is 0.505. The molecule has 1 heterocycles. The van der Waals surface area contributed by atoms with Gasteiger partial charge in [-0.05, 0) is 80.6 Å². The van der Waals surface area contributed by atoms with E-state index in [2.05, 4.69) is 35.3 Å². The van der Waals surface area contributed by atoms with Gasteiger partial charge in [0.2, 0.25) is 0 Å². The molecule has 30 heavy (non-hydrogen) atoms. The fourth-order valence-corrected chi connectivity index (χ4v) is 2.02. The van der Waals surface area contributed by atoms with E-state index in [9.17, 15) is 0 Å². The number of benzene rings is 2. The van der Waals surface area contributed by atoms with E-state index >= 15 is 0 Å². The second-order valence-electron chi connectivity index (χ2n) is 8.22. The molecule has 0 spiro atoms. The lowest BCUT2D eigenvalue weighted by Crippen LogP contribution is -1.99. The van der Waals surface area contributed by atoms with E-state index in [1.165, 1.54) is 11.1 Å². The molecule has 3 aromatic rings. The van der Waals surface area contributed by atoms with Crippen LogP contribution in [0.2, 0.25) is 0 Å². The highest BCUT2D eigenvalue weighted by molar-refractivity contribution is 5.71. The lowest BCUT2D eigenvalue weighted by Gasteiger charge is -2.05. The Kier molecular flexibility index (Phi) is 14.9. The van der Waals surface area contributed by atoms with Crippen molar-refractivity contribution in [1.82, 2.24) is 19.7 Å². The first-order valence-electron chi connectivity index (χ1n) is 10.0. The minimum atomic E-state index is 1.15. The molecule has 0 saturated carbocycles. The standard InChI is InChI=1S/C17H13N.3C3H9N/c1-3-7-14(8-4-1)16-11-17(13-18-12-16)15-9-5-2-6-10-15;3*1-4(2)3/h1-13H;3*1-3H3. The van der Waals surface area contributed by atoms with Crippen LogP contribution >= 0.6 is 0 Å². The van der Waals surface area contributed by atoms with Crippen LogP contribution < -0.4 is 0 Å². The van der Waals surface area contributed by atoms with E-state index in [1.807, 2.05) is 127 Å².